The van der Waals surface area contributed by atoms with Crippen LogP contribution in [0.15, 0.2) is 60.8 Å². The summed E-state index contributed by atoms with van der Waals surface area (Å²) in [5.41, 5.74) is 3.45. The molecule has 38 heavy (non-hydrogen) atoms. The van der Waals surface area contributed by atoms with Gasteiger partial charge in [-0.25, -0.2) is 8.78 Å². The maximum atomic E-state index is 14.7. The molecule has 1 saturated carbocycles. The van der Waals surface area contributed by atoms with Crippen LogP contribution in [0.1, 0.15) is 30.9 Å². The van der Waals surface area contributed by atoms with Crippen LogP contribution in [0.4, 0.5) is 20.2 Å². The van der Waals surface area contributed by atoms with Gasteiger partial charge in [0.15, 0.2) is 11.6 Å². The molecular weight excluding hydrogens is 512 g/mol. The minimum Gasteiger partial charge on any atom is -0.453 e. The van der Waals surface area contributed by atoms with Crippen molar-refractivity contribution in [3.8, 4) is 11.5 Å². The van der Waals surface area contributed by atoms with Crippen LogP contribution >= 0.6 is 11.6 Å². The predicted molar refractivity (Wildman–Crippen MR) is 145 cm³/mol. The Morgan fingerprint density at radius 1 is 1.03 bits per heavy atom. The molecule has 0 unspecified atom stereocenters. The molecule has 1 aliphatic rings. The zero-order valence-corrected chi connectivity index (χ0v) is 21.8. The molecule has 1 fully saturated rings. The Kier molecular flexibility index (Phi) is 7.92. The Hall–Kier alpha value is -4.04. The smallest absolute Gasteiger partial charge is 0.230 e. The quantitative estimate of drug-likeness (QED) is 0.249. The van der Waals surface area contributed by atoms with E-state index in [-0.39, 0.29) is 33.6 Å². The Bertz CT molecular complexity index is 1510. The maximum absolute atomic E-state index is 14.7. The normalized spacial score (nSPS) is 13.2. The number of pyridine rings is 1. The van der Waals surface area contributed by atoms with Crippen LogP contribution in [0.3, 0.4) is 0 Å². The van der Waals surface area contributed by atoms with Crippen LogP contribution < -0.4 is 15.4 Å². The maximum Gasteiger partial charge on any atom is 0.230 e. The average molecular weight is 538 g/mol. The van der Waals surface area contributed by atoms with E-state index < -0.39 is 5.82 Å². The van der Waals surface area contributed by atoms with Gasteiger partial charge in [0.2, 0.25) is 12.3 Å². The molecular formula is C29H26ClF2N3O3. The van der Waals surface area contributed by atoms with E-state index in [4.69, 9.17) is 16.3 Å². The summed E-state index contributed by atoms with van der Waals surface area (Å²) >= 11 is 6.27. The van der Waals surface area contributed by atoms with Gasteiger partial charge in [-0.1, -0.05) is 18.5 Å². The van der Waals surface area contributed by atoms with E-state index in [0.717, 1.165) is 34.9 Å². The van der Waals surface area contributed by atoms with Gasteiger partial charge in [0, 0.05) is 34.8 Å². The van der Waals surface area contributed by atoms with E-state index in [1.807, 2.05) is 32.9 Å². The summed E-state index contributed by atoms with van der Waals surface area (Å²) in [5.74, 6) is -0.573. The third-order valence-corrected chi connectivity index (χ3v) is 6.74. The van der Waals surface area contributed by atoms with E-state index in [2.05, 4.69) is 15.6 Å². The zero-order valence-electron chi connectivity index (χ0n) is 21.1. The first-order valence-corrected chi connectivity index (χ1v) is 12.3. The molecule has 196 valence electrons. The fourth-order valence-electron chi connectivity index (χ4n) is 3.59. The lowest BCUT2D eigenvalue weighted by Gasteiger charge is -2.14. The van der Waals surface area contributed by atoms with E-state index in [1.165, 1.54) is 36.4 Å². The average Bonchev–Trinajstić information content (AvgIpc) is 3.64. The number of hydrogen-bond acceptors (Lipinski definition) is 4. The van der Waals surface area contributed by atoms with Gasteiger partial charge in [-0.15, -0.1) is 0 Å². The van der Waals surface area contributed by atoms with E-state index in [1.54, 1.807) is 12.3 Å². The van der Waals surface area contributed by atoms with Crippen molar-refractivity contribution in [2.45, 2.75) is 33.6 Å². The molecule has 1 heterocycles. The Balaban J connectivity index is 0.000000283. The van der Waals surface area contributed by atoms with Crippen molar-refractivity contribution in [3.05, 3.63) is 88.6 Å². The number of carbonyl (C=O) groups is 2. The number of aromatic nitrogens is 1. The number of carbonyl (C=O) groups excluding carboxylic acids is 2. The molecule has 1 aliphatic carbocycles. The summed E-state index contributed by atoms with van der Waals surface area (Å²) in [5, 5.41) is 6.11. The lowest BCUT2D eigenvalue weighted by molar-refractivity contribution is -0.120. The number of fused-ring (bicyclic) bond motifs is 1. The largest absolute Gasteiger partial charge is 0.453 e. The Morgan fingerprint density at radius 3 is 2.37 bits per heavy atom. The van der Waals surface area contributed by atoms with E-state index in [0.29, 0.717) is 17.8 Å². The standard InChI is InChI=1S/C22H20ClFN2O2.C7H6FNO/c1-12-8-14-17(9-13(12)2)25-7-4-19(14)28-20-10-15(23)18(11-16(20)24)26-21(27)22(3)5-6-22;8-6-1-3-7(4-2-6)9-5-10/h4,7-11H,5-6H2,1-3H3,(H,26,27);1-5H,(H,9,10). The number of rotatable bonds is 6. The molecule has 1 aromatic heterocycles. The van der Waals surface area contributed by atoms with Gasteiger partial charge in [0.1, 0.15) is 11.6 Å². The first-order valence-electron chi connectivity index (χ1n) is 11.9. The number of nitrogens with one attached hydrogen (secondary N) is 2. The second-order valence-electron chi connectivity index (χ2n) is 9.41. The molecule has 0 aliphatic heterocycles. The van der Waals surface area contributed by atoms with Crippen LogP contribution in [0.5, 0.6) is 11.5 Å². The lowest BCUT2D eigenvalue weighted by Crippen LogP contribution is -2.21. The molecule has 2 N–H and O–H groups in total. The van der Waals surface area contributed by atoms with Gasteiger partial charge in [-0.05, 0) is 80.3 Å². The number of ether oxygens (including phenoxy) is 1. The number of halogens is 3. The van der Waals surface area contributed by atoms with Crippen molar-refractivity contribution in [2.24, 2.45) is 5.41 Å². The Labute approximate surface area is 224 Å². The number of nitrogens with zero attached hydrogens (tertiary/aromatic N) is 1. The van der Waals surface area contributed by atoms with Gasteiger partial charge in [-0.3, -0.25) is 14.6 Å². The topological polar surface area (TPSA) is 80.3 Å². The van der Waals surface area contributed by atoms with Crippen molar-refractivity contribution in [1.82, 2.24) is 4.98 Å². The molecule has 0 saturated heterocycles. The van der Waals surface area contributed by atoms with Crippen molar-refractivity contribution < 1.29 is 23.1 Å². The summed E-state index contributed by atoms with van der Waals surface area (Å²) in [6.07, 6.45) is 3.83. The summed E-state index contributed by atoms with van der Waals surface area (Å²) < 4.78 is 32.7. The van der Waals surface area contributed by atoms with Gasteiger partial charge in [0.25, 0.3) is 0 Å². The summed E-state index contributed by atoms with van der Waals surface area (Å²) in [7, 11) is 0. The SMILES string of the molecule is Cc1cc2nccc(Oc3cc(Cl)c(NC(=O)C4(C)CC4)cc3F)c2cc1C.O=CNc1ccc(F)cc1. The molecule has 5 rings (SSSR count). The van der Waals surface area contributed by atoms with Gasteiger partial charge >= 0.3 is 0 Å². The molecule has 0 spiro atoms. The second kappa shape index (κ2) is 11.1. The molecule has 0 bridgehead atoms. The molecule has 0 atom stereocenters. The molecule has 9 heteroatoms. The van der Waals surface area contributed by atoms with Gasteiger partial charge in [-0.2, -0.15) is 0 Å². The molecule has 4 aromatic rings. The fraction of sp³-hybridized carbons (Fsp3) is 0.207. The first kappa shape index (κ1) is 27.0. The van der Waals surface area contributed by atoms with Crippen molar-refractivity contribution >= 4 is 46.2 Å². The van der Waals surface area contributed by atoms with Crippen LogP contribution in [-0.2, 0) is 9.59 Å². The van der Waals surface area contributed by atoms with Crippen LogP contribution in [0, 0.1) is 30.9 Å². The highest BCUT2D eigenvalue weighted by Gasteiger charge is 2.45. The first-order chi connectivity index (χ1) is 18.1. The van der Waals surface area contributed by atoms with Crippen LogP contribution in [0.25, 0.3) is 10.9 Å². The van der Waals surface area contributed by atoms with E-state index >= 15 is 0 Å². The highest BCUT2D eigenvalue weighted by Crippen LogP contribution is 2.46. The predicted octanol–water partition coefficient (Wildman–Crippen LogP) is 7.57. The molecule has 0 radical (unpaired) electrons. The number of hydrogen-bond donors (Lipinski definition) is 2. The van der Waals surface area contributed by atoms with Crippen LogP contribution in [-0.4, -0.2) is 17.3 Å². The monoisotopic (exact) mass is 537 g/mol. The summed E-state index contributed by atoms with van der Waals surface area (Å²) in [6, 6.07) is 13.8. The summed E-state index contributed by atoms with van der Waals surface area (Å²) in [6.45, 7) is 5.89. The highest BCUT2D eigenvalue weighted by atomic mass is 35.5. The van der Waals surface area contributed by atoms with E-state index in [9.17, 15) is 18.4 Å². The van der Waals surface area contributed by atoms with Crippen molar-refractivity contribution in [2.75, 3.05) is 10.6 Å². The van der Waals surface area contributed by atoms with Crippen molar-refractivity contribution in [3.63, 3.8) is 0 Å². The second-order valence-corrected chi connectivity index (χ2v) is 9.82. The Morgan fingerprint density at radius 2 is 1.71 bits per heavy atom. The van der Waals surface area contributed by atoms with Gasteiger partial charge < -0.3 is 15.4 Å². The van der Waals surface area contributed by atoms with Gasteiger partial charge in [0.05, 0.1) is 16.2 Å². The number of amides is 2. The minimum atomic E-state index is -0.602. The fourth-order valence-corrected chi connectivity index (χ4v) is 3.79. The minimum absolute atomic E-state index is 0.00800. The lowest BCUT2D eigenvalue weighted by atomic mass is 10.1. The van der Waals surface area contributed by atoms with Crippen molar-refractivity contribution in [1.29, 1.82) is 0 Å². The molecule has 6 nitrogen and oxygen atoms in total. The van der Waals surface area contributed by atoms with Crippen LogP contribution in [0.2, 0.25) is 5.02 Å². The number of aryl methyl sites for hydroxylation is 2. The third kappa shape index (κ3) is 6.26. The molecule has 3 aromatic carbocycles. The highest BCUT2D eigenvalue weighted by molar-refractivity contribution is 6.34. The zero-order chi connectivity index (χ0) is 27.4. The third-order valence-electron chi connectivity index (χ3n) is 6.42. The number of benzene rings is 3. The molecule has 2 amide bonds. The number of anilines is 2. The summed E-state index contributed by atoms with van der Waals surface area (Å²) in [4.78, 5) is 26.4.